The van der Waals surface area contributed by atoms with Gasteiger partial charge in [0.15, 0.2) is 0 Å². The molecule has 0 aliphatic carbocycles. The van der Waals surface area contributed by atoms with Crippen molar-refractivity contribution in [1.29, 1.82) is 0 Å². The fourth-order valence-electron chi connectivity index (χ4n) is 1.49. The van der Waals surface area contributed by atoms with Crippen LogP contribution < -0.4 is 5.32 Å². The van der Waals surface area contributed by atoms with E-state index in [4.69, 9.17) is 10.2 Å². The summed E-state index contributed by atoms with van der Waals surface area (Å²) in [5, 5.41) is 20.2. The molecule has 0 aromatic rings. The molecule has 100 valence electrons. The first-order chi connectivity index (χ1) is 8.06. The summed E-state index contributed by atoms with van der Waals surface area (Å²) in [6.45, 7) is 4.37. The van der Waals surface area contributed by atoms with Crippen LogP contribution in [0.15, 0.2) is 0 Å². The maximum absolute atomic E-state index is 11.8. The van der Waals surface area contributed by atoms with Crippen molar-refractivity contribution in [3.63, 3.8) is 0 Å². The van der Waals surface area contributed by atoms with Gasteiger partial charge in [0.05, 0.1) is 6.61 Å². The lowest BCUT2D eigenvalue weighted by Crippen LogP contribution is -2.48. The van der Waals surface area contributed by atoms with Gasteiger partial charge >= 0.3 is 12.0 Å². The second-order valence-electron chi connectivity index (χ2n) is 3.84. The number of aliphatic hydroxyl groups is 1. The molecule has 0 fully saturated rings. The average molecular weight is 246 g/mol. The molecule has 0 spiro atoms. The molecule has 0 unspecified atom stereocenters. The third-order valence-electron chi connectivity index (χ3n) is 2.32. The van der Waals surface area contributed by atoms with Gasteiger partial charge in [-0.15, -0.1) is 0 Å². The van der Waals surface area contributed by atoms with Crippen molar-refractivity contribution >= 4 is 12.0 Å². The molecule has 0 aromatic carbocycles. The normalized spacial score (nSPS) is 11.9. The van der Waals surface area contributed by atoms with Crippen molar-refractivity contribution in [2.75, 3.05) is 19.7 Å². The van der Waals surface area contributed by atoms with E-state index in [1.54, 1.807) is 0 Å². The minimum absolute atomic E-state index is 0.126. The molecule has 6 nitrogen and oxygen atoms in total. The molecule has 0 aromatic heterocycles. The predicted molar refractivity (Wildman–Crippen MR) is 63.8 cm³/mol. The Morgan fingerprint density at radius 2 is 1.88 bits per heavy atom. The first-order valence-corrected chi connectivity index (χ1v) is 5.95. The number of carboxylic acids is 1. The maximum atomic E-state index is 11.8. The van der Waals surface area contributed by atoms with Gasteiger partial charge < -0.3 is 20.4 Å². The lowest BCUT2D eigenvalue weighted by atomic mass is 10.2. The zero-order valence-corrected chi connectivity index (χ0v) is 10.5. The molecule has 0 radical (unpaired) electrons. The Morgan fingerprint density at radius 3 is 2.29 bits per heavy atom. The Kier molecular flexibility index (Phi) is 8.13. The number of carbonyl (C=O) groups is 2. The zero-order chi connectivity index (χ0) is 13.3. The van der Waals surface area contributed by atoms with E-state index in [1.165, 1.54) is 4.90 Å². The molecule has 1 atom stereocenters. The number of aliphatic hydroxyl groups excluding tert-OH is 1. The van der Waals surface area contributed by atoms with E-state index in [2.05, 4.69) is 5.32 Å². The molecule has 0 heterocycles. The number of hydrogen-bond acceptors (Lipinski definition) is 3. The Labute approximate surface area is 102 Å². The van der Waals surface area contributed by atoms with E-state index in [0.29, 0.717) is 19.4 Å². The predicted octanol–water partition coefficient (Wildman–Crippen LogP) is 0.654. The number of nitrogens with one attached hydrogen (secondary N) is 1. The molecular formula is C11H22N2O4. The lowest BCUT2D eigenvalue weighted by Gasteiger charge is -2.23. The SMILES string of the molecule is CCC[C@H](NC(=O)N(CCC)CCO)C(=O)O. The topological polar surface area (TPSA) is 89.9 Å². The number of urea groups is 1. The number of carbonyl (C=O) groups excluding carboxylic acids is 1. The van der Waals surface area contributed by atoms with Crippen molar-refractivity contribution in [3.05, 3.63) is 0 Å². The highest BCUT2D eigenvalue weighted by Gasteiger charge is 2.21. The third kappa shape index (κ3) is 6.11. The van der Waals surface area contributed by atoms with E-state index in [0.717, 1.165) is 6.42 Å². The van der Waals surface area contributed by atoms with Gasteiger partial charge in [0, 0.05) is 13.1 Å². The van der Waals surface area contributed by atoms with E-state index in [9.17, 15) is 9.59 Å². The molecule has 0 saturated carbocycles. The van der Waals surface area contributed by atoms with E-state index < -0.39 is 18.0 Å². The monoisotopic (exact) mass is 246 g/mol. The number of nitrogens with zero attached hydrogens (tertiary/aromatic N) is 1. The van der Waals surface area contributed by atoms with E-state index in [-0.39, 0.29) is 13.2 Å². The summed E-state index contributed by atoms with van der Waals surface area (Å²) in [5.74, 6) is -1.03. The van der Waals surface area contributed by atoms with E-state index >= 15 is 0 Å². The van der Waals surface area contributed by atoms with Crippen molar-refractivity contribution in [1.82, 2.24) is 10.2 Å². The number of aliphatic carboxylic acids is 1. The Morgan fingerprint density at radius 1 is 1.24 bits per heavy atom. The lowest BCUT2D eigenvalue weighted by molar-refractivity contribution is -0.139. The standard InChI is InChI=1S/C11H22N2O4/c1-3-5-9(10(15)16)12-11(17)13(6-4-2)7-8-14/h9,14H,3-8H2,1-2H3,(H,12,17)(H,15,16)/t9-/m0/s1. The summed E-state index contributed by atoms with van der Waals surface area (Å²) >= 11 is 0. The summed E-state index contributed by atoms with van der Waals surface area (Å²) in [7, 11) is 0. The van der Waals surface area contributed by atoms with Crippen molar-refractivity contribution in [2.45, 2.75) is 39.2 Å². The third-order valence-corrected chi connectivity index (χ3v) is 2.32. The highest BCUT2D eigenvalue weighted by Crippen LogP contribution is 2.00. The first-order valence-electron chi connectivity index (χ1n) is 5.95. The summed E-state index contributed by atoms with van der Waals surface area (Å²) in [5.41, 5.74) is 0. The van der Waals surface area contributed by atoms with Crippen LogP contribution in [0.3, 0.4) is 0 Å². The highest BCUT2D eigenvalue weighted by molar-refractivity contribution is 5.82. The Balaban J connectivity index is 4.38. The molecule has 0 aliphatic rings. The van der Waals surface area contributed by atoms with Crippen LogP contribution in [-0.2, 0) is 4.79 Å². The summed E-state index contributed by atoms with van der Waals surface area (Å²) in [6.07, 6.45) is 1.85. The molecule has 3 N–H and O–H groups in total. The minimum Gasteiger partial charge on any atom is -0.480 e. The molecule has 0 aliphatic heterocycles. The van der Waals surface area contributed by atoms with Gasteiger partial charge in [-0.1, -0.05) is 20.3 Å². The fourth-order valence-corrected chi connectivity index (χ4v) is 1.49. The van der Waals surface area contributed by atoms with E-state index in [1.807, 2.05) is 13.8 Å². The van der Waals surface area contributed by atoms with Crippen molar-refractivity contribution in [2.24, 2.45) is 0 Å². The van der Waals surface area contributed by atoms with Gasteiger partial charge in [-0.2, -0.15) is 0 Å². The minimum atomic E-state index is -1.03. The van der Waals surface area contributed by atoms with Crippen LogP contribution in [0.1, 0.15) is 33.1 Å². The van der Waals surface area contributed by atoms with Crippen molar-refractivity contribution in [3.8, 4) is 0 Å². The Hall–Kier alpha value is -1.30. The number of carboxylic acid groups (broad SMARTS) is 1. The second-order valence-corrected chi connectivity index (χ2v) is 3.84. The van der Waals surface area contributed by atoms with Gasteiger partial charge in [0.1, 0.15) is 6.04 Å². The van der Waals surface area contributed by atoms with Gasteiger partial charge in [0.25, 0.3) is 0 Å². The molecule has 2 amide bonds. The number of rotatable bonds is 8. The zero-order valence-electron chi connectivity index (χ0n) is 10.5. The Bertz CT molecular complexity index is 240. The average Bonchev–Trinajstić information content (AvgIpc) is 2.28. The second kappa shape index (κ2) is 8.81. The van der Waals surface area contributed by atoms with Crippen LogP contribution in [0.4, 0.5) is 4.79 Å². The number of amides is 2. The highest BCUT2D eigenvalue weighted by atomic mass is 16.4. The molecule has 6 heteroatoms. The summed E-state index contributed by atoms with van der Waals surface area (Å²) in [4.78, 5) is 24.1. The first kappa shape index (κ1) is 15.7. The number of hydrogen-bond donors (Lipinski definition) is 3. The molecule has 0 saturated heterocycles. The van der Waals surface area contributed by atoms with Crippen LogP contribution in [0.2, 0.25) is 0 Å². The van der Waals surface area contributed by atoms with Crippen molar-refractivity contribution < 1.29 is 19.8 Å². The summed E-state index contributed by atoms with van der Waals surface area (Å²) < 4.78 is 0. The fraction of sp³-hybridized carbons (Fsp3) is 0.818. The molecule has 17 heavy (non-hydrogen) atoms. The largest absolute Gasteiger partial charge is 0.480 e. The van der Waals surface area contributed by atoms with Crippen LogP contribution in [0, 0.1) is 0 Å². The summed E-state index contributed by atoms with van der Waals surface area (Å²) in [6, 6.07) is -1.28. The molecular weight excluding hydrogens is 224 g/mol. The van der Waals surface area contributed by atoms with Gasteiger partial charge in [-0.25, -0.2) is 9.59 Å². The van der Waals surface area contributed by atoms with Crippen LogP contribution in [-0.4, -0.2) is 52.9 Å². The molecule has 0 rings (SSSR count). The van der Waals surface area contributed by atoms with Gasteiger partial charge in [-0.3, -0.25) is 0 Å². The molecule has 0 bridgehead atoms. The van der Waals surface area contributed by atoms with Gasteiger partial charge in [0.2, 0.25) is 0 Å². The smallest absolute Gasteiger partial charge is 0.326 e. The van der Waals surface area contributed by atoms with Crippen LogP contribution >= 0.6 is 0 Å². The van der Waals surface area contributed by atoms with Crippen LogP contribution in [0.5, 0.6) is 0 Å². The quantitative estimate of drug-likeness (QED) is 0.586. The maximum Gasteiger partial charge on any atom is 0.326 e. The van der Waals surface area contributed by atoms with Gasteiger partial charge in [-0.05, 0) is 12.8 Å². The van der Waals surface area contributed by atoms with Crippen LogP contribution in [0.25, 0.3) is 0 Å².